The molecule has 0 radical (unpaired) electrons. The molecule has 1 aromatic rings. The Morgan fingerprint density at radius 3 is 2.70 bits per heavy atom. The molecule has 1 aliphatic carbocycles. The van der Waals surface area contributed by atoms with Crippen molar-refractivity contribution in [3.63, 3.8) is 0 Å². The molecule has 5 nitrogen and oxygen atoms in total. The molecule has 2 unspecified atom stereocenters. The van der Waals surface area contributed by atoms with Crippen molar-refractivity contribution in [3.05, 3.63) is 29.8 Å². The first kappa shape index (κ1) is 13.8. The summed E-state index contributed by atoms with van der Waals surface area (Å²) < 4.78 is 11.6. The summed E-state index contributed by atoms with van der Waals surface area (Å²) in [6, 6.07) is 8.18. The lowest BCUT2D eigenvalue weighted by atomic mass is 10.0. The van der Waals surface area contributed by atoms with Gasteiger partial charge < -0.3 is 14.4 Å². The lowest BCUT2D eigenvalue weighted by molar-refractivity contribution is -0.0393. The fourth-order valence-corrected chi connectivity index (χ4v) is 2.56. The number of hydrogen-bond donors (Lipinski definition) is 2. The van der Waals surface area contributed by atoms with Crippen molar-refractivity contribution in [1.29, 1.82) is 0 Å². The van der Waals surface area contributed by atoms with Crippen LogP contribution in [0.2, 0.25) is 0 Å². The van der Waals surface area contributed by atoms with Crippen LogP contribution >= 0.6 is 0 Å². The molecule has 1 aliphatic heterocycles. The highest BCUT2D eigenvalue weighted by atomic mass is 16.5. The van der Waals surface area contributed by atoms with Crippen LogP contribution in [0.1, 0.15) is 24.4 Å². The van der Waals surface area contributed by atoms with E-state index < -0.39 is 0 Å². The predicted octanol–water partition coefficient (Wildman–Crippen LogP) is 1.06. The van der Waals surface area contributed by atoms with Crippen molar-refractivity contribution in [1.82, 2.24) is 10.3 Å². The van der Waals surface area contributed by atoms with E-state index >= 15 is 0 Å². The number of nitrogens with one attached hydrogen (secondary N) is 1. The monoisotopic (exact) mass is 277 g/mol. The third kappa shape index (κ3) is 3.30. The molecule has 20 heavy (non-hydrogen) atoms. The van der Waals surface area contributed by atoms with Gasteiger partial charge in [0.05, 0.1) is 24.9 Å². The second-order valence-corrected chi connectivity index (χ2v) is 5.70. The summed E-state index contributed by atoms with van der Waals surface area (Å²) in [5.41, 5.74) is 4.02. The maximum Gasteiger partial charge on any atom is 0.119 e. The third-order valence-electron chi connectivity index (χ3n) is 3.91. The average molecular weight is 277 g/mol. The van der Waals surface area contributed by atoms with Gasteiger partial charge in [-0.25, -0.2) is 0 Å². The minimum atomic E-state index is 0.00715. The van der Waals surface area contributed by atoms with E-state index in [4.69, 9.17) is 15.3 Å². The van der Waals surface area contributed by atoms with E-state index in [2.05, 4.69) is 29.5 Å². The molecule has 0 spiro atoms. The highest BCUT2D eigenvalue weighted by molar-refractivity contribution is 5.30. The summed E-state index contributed by atoms with van der Waals surface area (Å²) in [5.74, 6) is 6.67. The van der Waals surface area contributed by atoms with E-state index in [9.17, 15) is 0 Å². The summed E-state index contributed by atoms with van der Waals surface area (Å²) in [5, 5.41) is 0. The lowest BCUT2D eigenvalue weighted by Crippen LogP contribution is -2.48. The van der Waals surface area contributed by atoms with Crippen LogP contribution in [0.25, 0.3) is 0 Å². The van der Waals surface area contributed by atoms with Gasteiger partial charge in [-0.3, -0.25) is 11.3 Å². The first-order valence-corrected chi connectivity index (χ1v) is 7.29. The highest BCUT2D eigenvalue weighted by Crippen LogP contribution is 2.28. The Hall–Kier alpha value is -1.14. The Morgan fingerprint density at radius 2 is 2.10 bits per heavy atom. The van der Waals surface area contributed by atoms with Gasteiger partial charge in [-0.05, 0) is 37.6 Å². The Kier molecular flexibility index (Phi) is 4.21. The second kappa shape index (κ2) is 6.10. The van der Waals surface area contributed by atoms with E-state index in [1.807, 2.05) is 12.1 Å². The first-order chi connectivity index (χ1) is 9.76. The summed E-state index contributed by atoms with van der Waals surface area (Å²) in [6.07, 6.45) is 2.86. The number of nitrogens with two attached hydrogens (primary N) is 1. The third-order valence-corrected chi connectivity index (χ3v) is 3.91. The van der Waals surface area contributed by atoms with E-state index in [1.54, 1.807) is 0 Å². The zero-order valence-corrected chi connectivity index (χ0v) is 11.9. The van der Waals surface area contributed by atoms with Crippen LogP contribution in [0.5, 0.6) is 5.75 Å². The van der Waals surface area contributed by atoms with Gasteiger partial charge in [-0.1, -0.05) is 12.1 Å². The SMILES string of the molecule is CN1CCOC(C(NN)c2ccc(OC3CC3)cc2)C1. The summed E-state index contributed by atoms with van der Waals surface area (Å²) in [6.45, 7) is 2.61. The molecule has 110 valence electrons. The standard InChI is InChI=1S/C15H23N3O2/c1-18-8-9-19-14(10-18)15(17-16)11-2-4-12(5-3-11)20-13-6-7-13/h2-5,13-15,17H,6-10,16H2,1H3. The van der Waals surface area contributed by atoms with Crippen molar-refractivity contribution < 1.29 is 9.47 Å². The number of hydrogen-bond acceptors (Lipinski definition) is 5. The lowest BCUT2D eigenvalue weighted by Gasteiger charge is -2.35. The number of nitrogens with zero attached hydrogens (tertiary/aromatic N) is 1. The van der Waals surface area contributed by atoms with Crippen LogP contribution in [0.3, 0.4) is 0 Å². The number of hydrazine groups is 1. The smallest absolute Gasteiger partial charge is 0.119 e. The Morgan fingerprint density at radius 1 is 1.35 bits per heavy atom. The van der Waals surface area contributed by atoms with Gasteiger partial charge in [0.1, 0.15) is 5.75 Å². The van der Waals surface area contributed by atoms with Gasteiger partial charge in [0.2, 0.25) is 0 Å². The quantitative estimate of drug-likeness (QED) is 0.622. The topological polar surface area (TPSA) is 59.8 Å². The maximum absolute atomic E-state index is 5.85. The summed E-state index contributed by atoms with van der Waals surface area (Å²) >= 11 is 0. The highest BCUT2D eigenvalue weighted by Gasteiger charge is 2.28. The van der Waals surface area contributed by atoms with Gasteiger partial charge in [0, 0.05) is 13.1 Å². The zero-order chi connectivity index (χ0) is 13.9. The van der Waals surface area contributed by atoms with Crippen LogP contribution in [0, 0.1) is 0 Å². The van der Waals surface area contributed by atoms with E-state index in [1.165, 1.54) is 12.8 Å². The van der Waals surface area contributed by atoms with Crippen molar-refractivity contribution >= 4 is 0 Å². The number of likely N-dealkylation sites (N-methyl/N-ethyl adjacent to an activating group) is 1. The molecule has 3 N–H and O–H groups in total. The molecule has 2 fully saturated rings. The van der Waals surface area contributed by atoms with Crippen molar-refractivity contribution in [3.8, 4) is 5.75 Å². The molecular weight excluding hydrogens is 254 g/mol. The van der Waals surface area contributed by atoms with E-state index in [0.29, 0.717) is 6.10 Å². The summed E-state index contributed by atoms with van der Waals surface area (Å²) in [4.78, 5) is 2.27. The van der Waals surface area contributed by atoms with Gasteiger partial charge in [-0.2, -0.15) is 0 Å². The molecule has 3 rings (SSSR count). The minimum absolute atomic E-state index is 0.00715. The molecule has 0 amide bonds. The predicted molar refractivity (Wildman–Crippen MR) is 77.4 cm³/mol. The fraction of sp³-hybridized carbons (Fsp3) is 0.600. The van der Waals surface area contributed by atoms with Gasteiger partial charge >= 0.3 is 0 Å². The van der Waals surface area contributed by atoms with Crippen LogP contribution in [0.15, 0.2) is 24.3 Å². The number of benzene rings is 1. The Bertz CT molecular complexity index is 433. The molecule has 5 heteroatoms. The van der Waals surface area contributed by atoms with Gasteiger partial charge in [-0.15, -0.1) is 0 Å². The number of rotatable bonds is 5. The average Bonchev–Trinajstić information content (AvgIpc) is 3.26. The molecular formula is C15H23N3O2. The number of morpholine rings is 1. The van der Waals surface area contributed by atoms with Crippen molar-refractivity contribution in [2.24, 2.45) is 5.84 Å². The van der Waals surface area contributed by atoms with Crippen molar-refractivity contribution in [2.45, 2.75) is 31.1 Å². The normalized spacial score (nSPS) is 25.4. The number of ether oxygens (including phenoxy) is 2. The van der Waals surface area contributed by atoms with Gasteiger partial charge in [0.25, 0.3) is 0 Å². The van der Waals surface area contributed by atoms with Crippen LogP contribution < -0.4 is 16.0 Å². The molecule has 0 aromatic heterocycles. The molecule has 1 heterocycles. The van der Waals surface area contributed by atoms with E-state index in [0.717, 1.165) is 31.0 Å². The Labute approximate surface area is 120 Å². The van der Waals surface area contributed by atoms with Crippen LogP contribution in [-0.2, 0) is 4.74 Å². The Balaban J connectivity index is 1.67. The van der Waals surface area contributed by atoms with E-state index in [-0.39, 0.29) is 12.1 Å². The molecule has 1 saturated carbocycles. The summed E-state index contributed by atoms with van der Waals surface area (Å²) in [7, 11) is 2.11. The fourth-order valence-electron chi connectivity index (χ4n) is 2.56. The molecule has 1 saturated heterocycles. The minimum Gasteiger partial charge on any atom is -0.490 e. The largest absolute Gasteiger partial charge is 0.490 e. The van der Waals surface area contributed by atoms with Crippen LogP contribution in [-0.4, -0.2) is 43.9 Å². The first-order valence-electron chi connectivity index (χ1n) is 7.29. The molecule has 0 bridgehead atoms. The molecule has 1 aromatic carbocycles. The molecule has 2 aliphatic rings. The zero-order valence-electron chi connectivity index (χ0n) is 11.9. The van der Waals surface area contributed by atoms with Gasteiger partial charge in [0.15, 0.2) is 0 Å². The van der Waals surface area contributed by atoms with Crippen LogP contribution in [0.4, 0.5) is 0 Å². The second-order valence-electron chi connectivity index (χ2n) is 5.70. The molecule has 2 atom stereocenters. The van der Waals surface area contributed by atoms with Crippen molar-refractivity contribution in [2.75, 3.05) is 26.7 Å². The maximum atomic E-state index is 5.85.